The molecule has 2 heterocycles. The van der Waals surface area contributed by atoms with Crippen LogP contribution in [0.5, 0.6) is 0 Å². The van der Waals surface area contributed by atoms with Crippen molar-refractivity contribution in [1.29, 1.82) is 0 Å². The van der Waals surface area contributed by atoms with E-state index < -0.39 is 5.97 Å². The highest BCUT2D eigenvalue weighted by Crippen LogP contribution is 2.24. The number of rotatable bonds is 3. The minimum atomic E-state index is -0.983. The Hall–Kier alpha value is -2.08. The van der Waals surface area contributed by atoms with Gasteiger partial charge in [0.05, 0.1) is 0 Å². The number of carboxylic acids is 1. The molecule has 21 heavy (non-hydrogen) atoms. The number of hydrogen-bond donors (Lipinski definition) is 1. The molecular formula is C15H15N3O2S. The monoisotopic (exact) mass is 301 g/mol. The number of aromatic carboxylic acids is 1. The van der Waals surface area contributed by atoms with Gasteiger partial charge in [0.1, 0.15) is 11.4 Å². The molecule has 0 unspecified atom stereocenters. The maximum absolute atomic E-state index is 11.4. The molecule has 0 spiro atoms. The van der Waals surface area contributed by atoms with Gasteiger partial charge >= 0.3 is 5.97 Å². The Morgan fingerprint density at radius 3 is 2.57 bits per heavy atom. The minimum absolute atomic E-state index is 0.168. The molecule has 108 valence electrons. The maximum Gasteiger partial charge on any atom is 0.341 e. The molecule has 5 nitrogen and oxygen atoms in total. The van der Waals surface area contributed by atoms with E-state index in [9.17, 15) is 9.90 Å². The van der Waals surface area contributed by atoms with Gasteiger partial charge in [-0.25, -0.2) is 14.8 Å². The molecule has 6 heteroatoms. The van der Waals surface area contributed by atoms with Crippen LogP contribution in [0.4, 0.5) is 5.82 Å². The van der Waals surface area contributed by atoms with E-state index in [1.165, 1.54) is 6.20 Å². The van der Waals surface area contributed by atoms with Crippen LogP contribution < -0.4 is 4.90 Å². The van der Waals surface area contributed by atoms with Gasteiger partial charge < -0.3 is 10.0 Å². The fraction of sp³-hybridized carbons (Fsp3) is 0.267. The molecule has 0 saturated carbocycles. The lowest BCUT2D eigenvalue weighted by atomic mass is 10.2. The third-order valence-corrected chi connectivity index (χ3v) is 4.28. The zero-order valence-corrected chi connectivity index (χ0v) is 12.2. The summed E-state index contributed by atoms with van der Waals surface area (Å²) >= 11 is 1.88. The second kappa shape index (κ2) is 6.13. The average Bonchev–Trinajstić information content (AvgIpc) is 2.56. The van der Waals surface area contributed by atoms with Crippen LogP contribution in [0.2, 0.25) is 0 Å². The summed E-state index contributed by atoms with van der Waals surface area (Å²) < 4.78 is 0. The molecule has 1 aliphatic rings. The van der Waals surface area contributed by atoms with Crippen LogP contribution in [0.25, 0.3) is 11.4 Å². The van der Waals surface area contributed by atoms with E-state index in [-0.39, 0.29) is 5.56 Å². The van der Waals surface area contributed by atoms with Crippen molar-refractivity contribution < 1.29 is 9.90 Å². The highest BCUT2D eigenvalue weighted by Gasteiger charge is 2.21. The Labute approximate surface area is 127 Å². The summed E-state index contributed by atoms with van der Waals surface area (Å²) in [5.74, 6) is 2.08. The smallest absolute Gasteiger partial charge is 0.341 e. The van der Waals surface area contributed by atoms with Gasteiger partial charge in [-0.05, 0) is 0 Å². The molecule has 0 bridgehead atoms. The van der Waals surface area contributed by atoms with Crippen molar-refractivity contribution in [2.45, 2.75) is 0 Å². The van der Waals surface area contributed by atoms with Crippen LogP contribution in [-0.4, -0.2) is 45.6 Å². The van der Waals surface area contributed by atoms with Crippen molar-refractivity contribution in [3.63, 3.8) is 0 Å². The van der Waals surface area contributed by atoms with E-state index in [2.05, 4.69) is 9.97 Å². The van der Waals surface area contributed by atoms with Gasteiger partial charge in [0.2, 0.25) is 0 Å². The van der Waals surface area contributed by atoms with Crippen molar-refractivity contribution in [1.82, 2.24) is 9.97 Å². The summed E-state index contributed by atoms with van der Waals surface area (Å²) in [5.41, 5.74) is 1.06. The molecule has 1 N–H and O–H groups in total. The number of thioether (sulfide) groups is 1. The molecule has 0 aliphatic carbocycles. The summed E-state index contributed by atoms with van der Waals surface area (Å²) in [7, 11) is 0. The van der Waals surface area contributed by atoms with Crippen LogP contribution in [0, 0.1) is 0 Å². The number of benzene rings is 1. The van der Waals surface area contributed by atoms with E-state index in [0.717, 1.165) is 30.2 Å². The SMILES string of the molecule is O=C(O)c1cnc(-c2ccccc2)nc1N1CCSCC1. The zero-order valence-electron chi connectivity index (χ0n) is 11.4. The van der Waals surface area contributed by atoms with Crippen molar-refractivity contribution in [3.8, 4) is 11.4 Å². The van der Waals surface area contributed by atoms with Gasteiger partial charge in [-0.1, -0.05) is 30.3 Å². The van der Waals surface area contributed by atoms with Gasteiger partial charge in [-0.3, -0.25) is 0 Å². The second-order valence-corrected chi connectivity index (χ2v) is 5.93. The van der Waals surface area contributed by atoms with Gasteiger partial charge in [-0.15, -0.1) is 0 Å². The zero-order chi connectivity index (χ0) is 14.7. The topological polar surface area (TPSA) is 66.3 Å². The number of carboxylic acid groups (broad SMARTS) is 1. The fourth-order valence-electron chi connectivity index (χ4n) is 2.27. The van der Waals surface area contributed by atoms with Crippen molar-refractivity contribution in [3.05, 3.63) is 42.1 Å². The molecule has 2 aromatic rings. The molecule has 0 radical (unpaired) electrons. The Kier molecular flexibility index (Phi) is 4.06. The lowest BCUT2D eigenvalue weighted by molar-refractivity contribution is 0.0696. The molecule has 1 aliphatic heterocycles. The van der Waals surface area contributed by atoms with E-state index in [1.807, 2.05) is 47.0 Å². The van der Waals surface area contributed by atoms with Crippen molar-refractivity contribution in [2.24, 2.45) is 0 Å². The standard InChI is InChI=1S/C15H15N3O2S/c19-15(20)12-10-16-13(11-4-2-1-3-5-11)17-14(12)18-6-8-21-9-7-18/h1-5,10H,6-9H2,(H,19,20). The van der Waals surface area contributed by atoms with Gasteiger partial charge in [0.25, 0.3) is 0 Å². The van der Waals surface area contributed by atoms with E-state index in [0.29, 0.717) is 11.6 Å². The first kappa shape index (κ1) is 13.9. The minimum Gasteiger partial charge on any atom is -0.477 e. The number of aromatic nitrogens is 2. The molecule has 1 saturated heterocycles. The molecule has 1 aromatic heterocycles. The van der Waals surface area contributed by atoms with E-state index in [4.69, 9.17) is 0 Å². The third kappa shape index (κ3) is 3.00. The largest absolute Gasteiger partial charge is 0.477 e. The number of hydrogen-bond acceptors (Lipinski definition) is 5. The van der Waals surface area contributed by atoms with Crippen molar-refractivity contribution >= 4 is 23.5 Å². The molecule has 1 fully saturated rings. The van der Waals surface area contributed by atoms with Crippen LogP contribution >= 0.6 is 11.8 Å². The predicted molar refractivity (Wildman–Crippen MR) is 84.0 cm³/mol. The summed E-state index contributed by atoms with van der Waals surface area (Å²) in [6.45, 7) is 1.63. The first-order valence-electron chi connectivity index (χ1n) is 6.74. The van der Waals surface area contributed by atoms with Crippen LogP contribution in [0.3, 0.4) is 0 Å². The lowest BCUT2D eigenvalue weighted by Crippen LogP contribution is -2.34. The van der Waals surface area contributed by atoms with Crippen LogP contribution in [0.1, 0.15) is 10.4 Å². The van der Waals surface area contributed by atoms with Crippen LogP contribution in [-0.2, 0) is 0 Å². The Morgan fingerprint density at radius 2 is 1.90 bits per heavy atom. The average molecular weight is 301 g/mol. The maximum atomic E-state index is 11.4. The molecule has 3 rings (SSSR count). The third-order valence-electron chi connectivity index (χ3n) is 3.34. The molecule has 1 aromatic carbocycles. The highest BCUT2D eigenvalue weighted by molar-refractivity contribution is 7.99. The van der Waals surface area contributed by atoms with E-state index >= 15 is 0 Å². The first-order valence-corrected chi connectivity index (χ1v) is 7.89. The van der Waals surface area contributed by atoms with Crippen LogP contribution in [0.15, 0.2) is 36.5 Å². The number of carbonyl (C=O) groups is 1. The van der Waals surface area contributed by atoms with Gasteiger partial charge in [0, 0.05) is 36.4 Å². The first-order chi connectivity index (χ1) is 10.3. The highest BCUT2D eigenvalue weighted by atomic mass is 32.2. The summed E-state index contributed by atoms with van der Waals surface area (Å²) in [6, 6.07) is 9.61. The lowest BCUT2D eigenvalue weighted by Gasteiger charge is -2.28. The van der Waals surface area contributed by atoms with E-state index in [1.54, 1.807) is 0 Å². The number of nitrogens with zero attached hydrogens (tertiary/aromatic N) is 3. The Bertz CT molecular complexity index is 643. The summed E-state index contributed by atoms with van der Waals surface area (Å²) in [4.78, 5) is 22.2. The fourth-order valence-corrected chi connectivity index (χ4v) is 3.17. The predicted octanol–water partition coefficient (Wildman–Crippen LogP) is 2.40. The second-order valence-electron chi connectivity index (χ2n) is 4.70. The molecule has 0 amide bonds. The Balaban J connectivity index is 2.03. The summed E-state index contributed by atoms with van der Waals surface area (Å²) in [6.07, 6.45) is 1.41. The Morgan fingerprint density at radius 1 is 1.19 bits per heavy atom. The molecule has 0 atom stereocenters. The van der Waals surface area contributed by atoms with Gasteiger partial charge in [-0.2, -0.15) is 11.8 Å². The summed E-state index contributed by atoms with van der Waals surface area (Å²) in [5, 5.41) is 9.35. The molecular weight excluding hydrogens is 286 g/mol. The van der Waals surface area contributed by atoms with Crippen molar-refractivity contribution in [2.75, 3.05) is 29.5 Å². The normalized spacial score (nSPS) is 15.0. The van der Waals surface area contributed by atoms with Gasteiger partial charge in [0.15, 0.2) is 5.82 Å². The number of anilines is 1. The quantitative estimate of drug-likeness (QED) is 0.939.